The zero-order chi connectivity index (χ0) is 45.3. The largest absolute Gasteiger partial charge is 0.864 e. The summed E-state index contributed by atoms with van der Waals surface area (Å²) in [5.74, 6) is 2.47. The molecule has 0 spiro atoms. The molecule has 4 nitrogen and oxygen atoms in total. The highest BCUT2D eigenvalue weighted by molar-refractivity contribution is 6.39. The van der Waals surface area contributed by atoms with Gasteiger partial charge in [-0.1, -0.05) is 244 Å². The molecule has 354 valence electrons. The molecule has 63 heavy (non-hydrogen) atoms. The van der Waals surface area contributed by atoms with Gasteiger partial charge in [0.2, 0.25) is 0 Å². The van der Waals surface area contributed by atoms with Crippen LogP contribution in [-0.4, -0.2) is 13.6 Å². The number of hydrogen-bond acceptors (Lipinski definition) is 4. The van der Waals surface area contributed by atoms with E-state index in [-0.39, 0.29) is 5.92 Å². The molecule has 0 saturated carbocycles. The van der Waals surface area contributed by atoms with Crippen molar-refractivity contribution >= 4 is 13.6 Å². The average Bonchev–Trinajstić information content (AvgIpc) is 3.30. The zero-order valence-electron chi connectivity index (χ0n) is 41.6. The van der Waals surface area contributed by atoms with Crippen LogP contribution in [0.2, 0.25) is 0 Å². The number of unbranched alkanes of at least 4 members (excludes halogenated alkanes) is 27. The van der Waals surface area contributed by atoms with Gasteiger partial charge in [0.05, 0.1) is 0 Å². The Balaban J connectivity index is 0.00000257. The van der Waals surface area contributed by atoms with Crippen LogP contribution in [0.1, 0.15) is 244 Å². The summed E-state index contributed by atoms with van der Waals surface area (Å²) in [6.45, 7) is 10.6. The first-order chi connectivity index (χ1) is 31.0. The minimum absolute atomic E-state index is 0.204. The molecular formula is C58H95BO4. The molecule has 5 heteroatoms. The molecule has 3 aromatic carbocycles. The Morgan fingerprint density at radius 3 is 0.730 bits per heavy atom. The van der Waals surface area contributed by atoms with Gasteiger partial charge < -0.3 is 18.8 Å². The Hall–Kier alpha value is -3.21. The molecule has 0 heterocycles. The Morgan fingerprint density at radius 1 is 0.349 bits per heavy atom. The van der Waals surface area contributed by atoms with Crippen LogP contribution in [-0.2, 0) is 24.1 Å². The maximum atomic E-state index is 9.50. The Kier molecular flexibility index (Phi) is 35.8. The van der Waals surface area contributed by atoms with E-state index in [0.717, 1.165) is 42.8 Å². The molecular weight excluding hydrogens is 771 g/mol. The predicted molar refractivity (Wildman–Crippen MR) is 275 cm³/mol. The summed E-state index contributed by atoms with van der Waals surface area (Å²) in [6, 6.07) is 25.6. The van der Waals surface area contributed by atoms with E-state index in [0.29, 0.717) is 0 Å². The Morgan fingerprint density at radius 2 is 0.540 bits per heavy atom. The summed E-state index contributed by atoms with van der Waals surface area (Å²) >= 11 is 0. The lowest BCUT2D eigenvalue weighted by molar-refractivity contribution is -0.110. The van der Waals surface area contributed by atoms with Gasteiger partial charge in [-0.05, 0) is 91.6 Å². The number of aryl methyl sites for hydroxylation is 3. The number of carbonyl (C=O) groups excluding carboxylic acids is 1. The molecule has 0 saturated heterocycles. The lowest BCUT2D eigenvalue weighted by Gasteiger charge is -2.17. The number of hydrogen-bond donors (Lipinski definition) is 0. The monoisotopic (exact) mass is 867 g/mol. The van der Waals surface area contributed by atoms with Crippen LogP contribution < -0.4 is 14.0 Å². The van der Waals surface area contributed by atoms with Crippen molar-refractivity contribution in [2.24, 2.45) is 5.92 Å². The van der Waals surface area contributed by atoms with E-state index >= 15 is 0 Å². The second-order valence-corrected chi connectivity index (χ2v) is 18.8. The van der Waals surface area contributed by atoms with E-state index in [2.05, 4.69) is 93.6 Å². The Bertz CT molecular complexity index is 1260. The van der Waals surface area contributed by atoms with Gasteiger partial charge in [0.25, 0.3) is 0 Å². The third-order valence-electron chi connectivity index (χ3n) is 12.2. The highest BCUT2D eigenvalue weighted by atomic mass is 16.7. The van der Waals surface area contributed by atoms with Crippen LogP contribution in [0.5, 0.6) is 17.2 Å². The molecule has 0 aliphatic heterocycles. The minimum atomic E-state index is -0.895. The third kappa shape index (κ3) is 32.2. The molecule has 0 aliphatic rings. The highest BCUT2D eigenvalue weighted by Gasteiger charge is 2.30. The van der Waals surface area contributed by atoms with Gasteiger partial charge in [-0.25, -0.2) is 0 Å². The van der Waals surface area contributed by atoms with Crippen LogP contribution in [0.3, 0.4) is 0 Å². The van der Waals surface area contributed by atoms with E-state index in [9.17, 15) is 4.79 Å². The van der Waals surface area contributed by atoms with Gasteiger partial charge in [0.1, 0.15) is 23.5 Å². The first-order valence-corrected chi connectivity index (χ1v) is 26.7. The van der Waals surface area contributed by atoms with Crippen molar-refractivity contribution in [2.75, 3.05) is 0 Å². The van der Waals surface area contributed by atoms with Crippen molar-refractivity contribution in [3.05, 3.63) is 89.5 Å². The van der Waals surface area contributed by atoms with Crippen molar-refractivity contribution in [3.8, 4) is 17.2 Å². The smallest absolute Gasteiger partial charge is 0.490 e. The van der Waals surface area contributed by atoms with Gasteiger partial charge in [-0.2, -0.15) is 0 Å². The molecule has 0 aromatic heterocycles. The maximum Gasteiger partial charge on any atom is 0.864 e. The molecule has 0 amide bonds. The summed E-state index contributed by atoms with van der Waals surface area (Å²) in [5, 5.41) is 0. The fourth-order valence-electron chi connectivity index (χ4n) is 8.06. The van der Waals surface area contributed by atoms with Gasteiger partial charge in [-0.3, -0.25) is 0 Å². The van der Waals surface area contributed by atoms with Crippen LogP contribution in [0.15, 0.2) is 72.8 Å². The minimum Gasteiger partial charge on any atom is -0.490 e. The fraction of sp³-hybridized carbons (Fsp3) is 0.672. The summed E-state index contributed by atoms with van der Waals surface area (Å²) in [5.41, 5.74) is 4.09. The molecule has 3 rings (SSSR count). The van der Waals surface area contributed by atoms with Crippen LogP contribution in [0, 0.1) is 5.92 Å². The van der Waals surface area contributed by atoms with E-state index in [1.165, 1.54) is 209 Å². The quantitative estimate of drug-likeness (QED) is 0.0324. The van der Waals surface area contributed by atoms with Crippen LogP contribution >= 0.6 is 0 Å². The number of rotatable bonds is 40. The summed E-state index contributed by atoms with van der Waals surface area (Å²) < 4.78 is 19.1. The van der Waals surface area contributed by atoms with Crippen molar-refractivity contribution in [3.63, 3.8) is 0 Å². The highest BCUT2D eigenvalue weighted by Crippen LogP contribution is 2.23. The number of carbonyl (C=O) groups is 1. The maximum absolute atomic E-state index is 9.50. The van der Waals surface area contributed by atoms with Gasteiger partial charge in [-0.15, -0.1) is 0 Å². The summed E-state index contributed by atoms with van der Waals surface area (Å²) in [4.78, 5) is 9.50. The summed E-state index contributed by atoms with van der Waals surface area (Å²) in [7, 11) is -0.895. The molecule has 0 aliphatic carbocycles. The van der Waals surface area contributed by atoms with Gasteiger partial charge >= 0.3 is 7.32 Å². The molecule has 0 atom stereocenters. The average molecular weight is 867 g/mol. The van der Waals surface area contributed by atoms with Crippen molar-refractivity contribution < 1.29 is 18.8 Å². The SMILES string of the molecule is CC(C)C=O.CCCCCCCCCCCCc1ccc(OB(Oc2ccc(CCCCCCCCCCCC)cc2)Oc2ccc(CCCCCCCCCCCC)cc2)cc1. The third-order valence-corrected chi connectivity index (χ3v) is 12.2. The lowest BCUT2D eigenvalue weighted by Crippen LogP contribution is -2.37. The fourth-order valence-corrected chi connectivity index (χ4v) is 8.06. The first-order valence-electron chi connectivity index (χ1n) is 26.7. The predicted octanol–water partition coefficient (Wildman–Crippen LogP) is 18.4. The second kappa shape index (κ2) is 40.3. The van der Waals surface area contributed by atoms with Gasteiger partial charge in [0.15, 0.2) is 0 Å². The van der Waals surface area contributed by atoms with E-state index < -0.39 is 7.32 Å². The topological polar surface area (TPSA) is 44.8 Å². The van der Waals surface area contributed by atoms with Crippen LogP contribution in [0.25, 0.3) is 0 Å². The van der Waals surface area contributed by atoms with Crippen molar-refractivity contribution in [1.29, 1.82) is 0 Å². The first kappa shape index (κ1) is 55.9. The lowest BCUT2D eigenvalue weighted by atomic mass is 10.0. The molecule has 0 bridgehead atoms. The Labute approximate surface area is 390 Å². The zero-order valence-corrected chi connectivity index (χ0v) is 41.6. The van der Waals surface area contributed by atoms with E-state index in [1.807, 2.05) is 13.8 Å². The van der Waals surface area contributed by atoms with E-state index in [4.69, 9.17) is 14.0 Å². The standard InChI is InChI=1S/C54H87BO3.C4H8O/c1-4-7-10-13-16-19-22-25-28-31-34-49-37-43-52(44-38-49)56-55(57-53-45-39-50(40-46-53)35-32-29-26-23-20-17-14-11-8-5-2)58-54-47-41-51(42-48-54)36-33-30-27-24-21-18-15-12-9-6-3;1-4(2)3-5/h37-48H,4-36H2,1-3H3;3-4H,1-2H3. The normalized spacial score (nSPS) is 11.0. The summed E-state index contributed by atoms with van der Waals surface area (Å²) in [6.07, 6.45) is 45.2. The number of aldehydes is 1. The second-order valence-electron chi connectivity index (χ2n) is 18.8. The van der Waals surface area contributed by atoms with Crippen molar-refractivity contribution in [1.82, 2.24) is 0 Å². The molecule has 0 radical (unpaired) electrons. The van der Waals surface area contributed by atoms with Crippen LogP contribution in [0.4, 0.5) is 0 Å². The molecule has 0 unspecified atom stereocenters. The number of benzene rings is 3. The molecule has 0 N–H and O–H groups in total. The molecule has 3 aromatic rings. The van der Waals surface area contributed by atoms with E-state index in [1.54, 1.807) is 0 Å². The van der Waals surface area contributed by atoms with Crippen molar-refractivity contribution in [2.45, 2.75) is 247 Å². The van der Waals surface area contributed by atoms with Gasteiger partial charge in [0, 0.05) is 5.92 Å². The molecule has 0 fully saturated rings.